The summed E-state index contributed by atoms with van der Waals surface area (Å²) in [6.45, 7) is 0. The van der Waals surface area contributed by atoms with E-state index in [1.165, 1.54) is 7.11 Å². The number of esters is 1. The summed E-state index contributed by atoms with van der Waals surface area (Å²) in [6, 6.07) is 11.1. The highest BCUT2D eigenvalue weighted by Gasteiger charge is 2.20. The zero-order chi connectivity index (χ0) is 16.8. The molecule has 3 N–H and O–H groups in total. The Bertz CT molecular complexity index is 719. The molecule has 0 heterocycles. The normalized spacial score (nSPS) is 11.9. The Hall–Kier alpha value is -1.79. The van der Waals surface area contributed by atoms with Crippen molar-refractivity contribution in [2.24, 2.45) is 0 Å². The lowest BCUT2D eigenvalue weighted by molar-refractivity contribution is -0.142. The fourth-order valence-electron chi connectivity index (χ4n) is 2.40. The molecule has 0 saturated carbocycles. The summed E-state index contributed by atoms with van der Waals surface area (Å²) < 4.78 is 4.86. The van der Waals surface area contributed by atoms with Crippen molar-refractivity contribution < 1.29 is 9.53 Å². The van der Waals surface area contributed by atoms with E-state index in [-0.39, 0.29) is 5.97 Å². The van der Waals surface area contributed by atoms with Crippen LogP contribution < -0.4 is 11.1 Å². The van der Waals surface area contributed by atoms with Crippen molar-refractivity contribution in [3.63, 3.8) is 0 Å². The molecule has 6 heteroatoms. The average molecular weight is 348 g/mol. The number of thiocarbonyl (C=S) groups is 1. The van der Waals surface area contributed by atoms with Gasteiger partial charge < -0.3 is 15.8 Å². The molecule has 0 fully saturated rings. The van der Waals surface area contributed by atoms with Gasteiger partial charge >= 0.3 is 5.97 Å². The molecule has 2 aromatic rings. The van der Waals surface area contributed by atoms with Crippen LogP contribution in [0.4, 0.5) is 5.69 Å². The van der Waals surface area contributed by atoms with Crippen molar-refractivity contribution in [3.05, 3.63) is 42.0 Å². The molecule has 4 nitrogen and oxygen atoms in total. The summed E-state index contributed by atoms with van der Waals surface area (Å²) >= 11 is 7.20. The second-order valence-electron chi connectivity index (χ2n) is 5.08. The van der Waals surface area contributed by atoms with E-state index in [1.54, 1.807) is 11.8 Å². The number of rotatable bonds is 6. The Morgan fingerprint density at radius 3 is 2.70 bits per heavy atom. The molecule has 0 amide bonds. The Kier molecular flexibility index (Phi) is 6.24. The highest BCUT2D eigenvalue weighted by molar-refractivity contribution is 7.98. The van der Waals surface area contributed by atoms with Crippen molar-refractivity contribution >= 4 is 51.4 Å². The van der Waals surface area contributed by atoms with Crippen LogP contribution in [-0.2, 0) is 9.53 Å². The molecule has 0 bridgehead atoms. The number of ether oxygens (including phenoxy) is 1. The van der Waals surface area contributed by atoms with Gasteiger partial charge in [0.1, 0.15) is 11.0 Å². The van der Waals surface area contributed by atoms with Crippen LogP contribution in [0, 0.1) is 0 Å². The highest BCUT2D eigenvalue weighted by atomic mass is 32.2. The number of benzene rings is 2. The fourth-order valence-corrected chi connectivity index (χ4v) is 3.19. The molecule has 0 radical (unpaired) electrons. The number of anilines is 1. The van der Waals surface area contributed by atoms with E-state index >= 15 is 0 Å². The molecule has 0 spiro atoms. The number of nitrogen functional groups attached to an aromatic ring is 1. The van der Waals surface area contributed by atoms with Crippen molar-refractivity contribution in [3.8, 4) is 0 Å². The van der Waals surface area contributed by atoms with E-state index in [1.807, 2.05) is 42.7 Å². The molecule has 2 aromatic carbocycles. The molecule has 0 aliphatic heterocycles. The molecule has 1 atom stereocenters. The van der Waals surface area contributed by atoms with Gasteiger partial charge in [0.05, 0.1) is 7.11 Å². The number of carbonyl (C=O) groups is 1. The average Bonchev–Trinajstić information content (AvgIpc) is 2.57. The van der Waals surface area contributed by atoms with E-state index in [0.29, 0.717) is 17.1 Å². The maximum Gasteiger partial charge on any atom is 0.328 e. The van der Waals surface area contributed by atoms with Crippen molar-refractivity contribution in [1.29, 1.82) is 0 Å². The van der Waals surface area contributed by atoms with E-state index < -0.39 is 6.04 Å². The van der Waals surface area contributed by atoms with Crippen LogP contribution in [0.15, 0.2) is 36.4 Å². The lowest BCUT2D eigenvalue weighted by Crippen LogP contribution is -2.41. The lowest BCUT2D eigenvalue weighted by Gasteiger charge is -2.19. The molecule has 23 heavy (non-hydrogen) atoms. The van der Waals surface area contributed by atoms with Gasteiger partial charge in [-0.15, -0.1) is 0 Å². The smallest absolute Gasteiger partial charge is 0.328 e. The number of methoxy groups -OCH3 is 1. The van der Waals surface area contributed by atoms with E-state index in [4.69, 9.17) is 22.7 Å². The van der Waals surface area contributed by atoms with Gasteiger partial charge in [0, 0.05) is 16.6 Å². The third kappa shape index (κ3) is 4.14. The summed E-state index contributed by atoms with van der Waals surface area (Å²) in [5, 5.41) is 5.06. The molecule has 0 unspecified atom stereocenters. The summed E-state index contributed by atoms with van der Waals surface area (Å²) in [4.78, 5) is 12.5. The number of thioether (sulfide) groups is 1. The monoisotopic (exact) mass is 348 g/mol. The summed E-state index contributed by atoms with van der Waals surface area (Å²) in [5.74, 6) is 0.541. The second kappa shape index (κ2) is 8.17. The predicted molar refractivity (Wildman–Crippen MR) is 102 cm³/mol. The number of nitrogens with two attached hydrogens (primary N) is 1. The van der Waals surface area contributed by atoms with Gasteiger partial charge in [-0.1, -0.05) is 42.5 Å². The number of nitrogens with one attached hydrogen (secondary N) is 1. The first-order chi connectivity index (χ1) is 11.1. The van der Waals surface area contributed by atoms with E-state index in [2.05, 4.69) is 5.32 Å². The van der Waals surface area contributed by atoms with Crippen molar-refractivity contribution in [2.45, 2.75) is 12.5 Å². The van der Waals surface area contributed by atoms with Gasteiger partial charge in [-0.3, -0.25) is 0 Å². The Morgan fingerprint density at radius 2 is 2.00 bits per heavy atom. The molecule has 122 valence electrons. The standard InChI is InChI=1S/C17H20N2O2S2/c1-21-17(20)15(9-10-23-2)19-16(22)13-7-3-6-12-11(13)5-4-8-14(12)18/h3-8,15H,9-10,18H2,1-2H3,(H,19,22)/t15-/m0/s1. The first-order valence-corrected chi connectivity index (χ1v) is 9.03. The van der Waals surface area contributed by atoms with E-state index in [0.717, 1.165) is 22.1 Å². The Morgan fingerprint density at radius 1 is 1.30 bits per heavy atom. The quantitative estimate of drug-likeness (QED) is 0.475. The van der Waals surface area contributed by atoms with Crippen LogP contribution in [-0.4, -0.2) is 36.1 Å². The molecular formula is C17H20N2O2S2. The lowest BCUT2D eigenvalue weighted by atomic mass is 10.0. The third-order valence-electron chi connectivity index (χ3n) is 3.60. The molecule has 2 rings (SSSR count). The minimum atomic E-state index is -0.448. The van der Waals surface area contributed by atoms with Crippen molar-refractivity contribution in [1.82, 2.24) is 5.32 Å². The fraction of sp³-hybridized carbons (Fsp3) is 0.294. The highest BCUT2D eigenvalue weighted by Crippen LogP contribution is 2.24. The number of carbonyl (C=O) groups excluding carboxylic acids is 1. The molecule has 0 aliphatic rings. The van der Waals surface area contributed by atoms with Gasteiger partial charge in [-0.25, -0.2) is 4.79 Å². The van der Waals surface area contributed by atoms with Crippen LogP contribution >= 0.6 is 24.0 Å². The zero-order valence-electron chi connectivity index (χ0n) is 13.2. The minimum Gasteiger partial charge on any atom is -0.467 e. The SMILES string of the molecule is COC(=O)[C@H](CCSC)NC(=S)c1cccc2c(N)cccc12. The maximum absolute atomic E-state index is 11.9. The first-order valence-electron chi connectivity index (χ1n) is 7.23. The Balaban J connectivity index is 2.29. The van der Waals surface area contributed by atoms with Gasteiger partial charge in [-0.2, -0.15) is 11.8 Å². The van der Waals surface area contributed by atoms with Gasteiger partial charge in [0.25, 0.3) is 0 Å². The van der Waals surface area contributed by atoms with Crippen LogP contribution in [0.3, 0.4) is 0 Å². The zero-order valence-corrected chi connectivity index (χ0v) is 14.8. The van der Waals surface area contributed by atoms with E-state index in [9.17, 15) is 4.79 Å². The van der Waals surface area contributed by atoms with Crippen LogP contribution in [0.5, 0.6) is 0 Å². The third-order valence-corrected chi connectivity index (χ3v) is 4.58. The Labute approximate surface area is 145 Å². The second-order valence-corrected chi connectivity index (χ2v) is 6.47. The van der Waals surface area contributed by atoms with Gasteiger partial charge in [-0.05, 0) is 29.9 Å². The topological polar surface area (TPSA) is 64.3 Å². The largest absolute Gasteiger partial charge is 0.467 e. The number of hydrogen-bond donors (Lipinski definition) is 2. The predicted octanol–water partition coefficient (Wildman–Crippen LogP) is 2.98. The molecule has 0 aromatic heterocycles. The van der Waals surface area contributed by atoms with Crippen LogP contribution in [0.2, 0.25) is 0 Å². The molecule has 0 saturated heterocycles. The number of hydrogen-bond acceptors (Lipinski definition) is 5. The van der Waals surface area contributed by atoms with Crippen LogP contribution in [0.1, 0.15) is 12.0 Å². The summed E-state index contributed by atoms with van der Waals surface area (Å²) in [5.41, 5.74) is 7.59. The van der Waals surface area contributed by atoms with Crippen LogP contribution in [0.25, 0.3) is 10.8 Å². The van der Waals surface area contributed by atoms with Crippen molar-refractivity contribution in [2.75, 3.05) is 24.9 Å². The van der Waals surface area contributed by atoms with Gasteiger partial charge in [0.2, 0.25) is 0 Å². The maximum atomic E-state index is 11.9. The summed E-state index contributed by atoms with van der Waals surface area (Å²) in [6.07, 6.45) is 2.65. The first kappa shape index (κ1) is 17.6. The molecule has 0 aliphatic carbocycles. The van der Waals surface area contributed by atoms with Gasteiger partial charge in [0.15, 0.2) is 0 Å². The number of fused-ring (bicyclic) bond motifs is 1. The summed E-state index contributed by atoms with van der Waals surface area (Å²) in [7, 11) is 1.39. The minimum absolute atomic E-state index is 0.304. The molecular weight excluding hydrogens is 328 g/mol.